The minimum atomic E-state index is -0.611. The van der Waals surface area contributed by atoms with Crippen molar-refractivity contribution in [1.82, 2.24) is 20.1 Å². The van der Waals surface area contributed by atoms with E-state index in [9.17, 15) is 9.59 Å². The van der Waals surface area contributed by atoms with Crippen LogP contribution in [0.5, 0.6) is 0 Å². The fraction of sp³-hybridized carbons (Fsp3) is 0.273. The summed E-state index contributed by atoms with van der Waals surface area (Å²) in [5.74, 6) is -0.142. The van der Waals surface area contributed by atoms with E-state index < -0.39 is 12.1 Å². The molecule has 2 aromatic heterocycles. The number of hydrogen-bond acceptors (Lipinski definition) is 4. The Labute approximate surface area is 183 Å². The van der Waals surface area contributed by atoms with Gasteiger partial charge in [0, 0.05) is 41.2 Å². The summed E-state index contributed by atoms with van der Waals surface area (Å²) in [6, 6.07) is 10.7. The molecule has 0 bridgehead atoms. The van der Waals surface area contributed by atoms with Crippen LogP contribution in [-0.2, 0) is 17.6 Å². The van der Waals surface area contributed by atoms with Crippen LogP contribution >= 0.6 is 15.9 Å². The molecule has 4 rings (SSSR count). The molecule has 1 N–H and O–H groups in total. The summed E-state index contributed by atoms with van der Waals surface area (Å²) in [4.78, 5) is 31.7. The zero-order valence-electron chi connectivity index (χ0n) is 16.8. The molecule has 3 heterocycles. The Kier molecular flexibility index (Phi) is 5.67. The molecule has 154 valence electrons. The van der Waals surface area contributed by atoms with Gasteiger partial charge in [-0.2, -0.15) is 9.78 Å². The van der Waals surface area contributed by atoms with Crippen molar-refractivity contribution in [3.63, 3.8) is 0 Å². The summed E-state index contributed by atoms with van der Waals surface area (Å²) in [6.07, 6.45) is 5.15. The number of halogens is 1. The number of nitrogens with one attached hydrogen (secondary N) is 1. The van der Waals surface area contributed by atoms with Crippen LogP contribution in [0.25, 0.3) is 0 Å². The number of carbonyl (C=O) groups excluding carboxylic acids is 2. The van der Waals surface area contributed by atoms with Crippen LogP contribution in [-0.4, -0.2) is 39.8 Å². The maximum absolute atomic E-state index is 12.9. The molecular weight excluding hydrogens is 446 g/mol. The fourth-order valence-electron chi connectivity index (χ4n) is 3.66. The number of likely N-dealkylation sites (N-methyl/N-ethyl adjacent to an activating group) is 1. The van der Waals surface area contributed by atoms with Crippen LogP contribution in [0.1, 0.15) is 28.9 Å². The summed E-state index contributed by atoms with van der Waals surface area (Å²) in [7, 11) is 1.74. The summed E-state index contributed by atoms with van der Waals surface area (Å²) in [5.41, 5.74) is 4.68. The maximum Gasteiger partial charge on any atom is 0.342 e. The van der Waals surface area contributed by atoms with Gasteiger partial charge in [0.2, 0.25) is 5.91 Å². The Bertz CT molecular complexity index is 1110. The normalized spacial score (nSPS) is 16.2. The van der Waals surface area contributed by atoms with Gasteiger partial charge in [-0.1, -0.05) is 28.1 Å². The van der Waals surface area contributed by atoms with Gasteiger partial charge in [-0.05, 0) is 55.2 Å². The lowest BCUT2D eigenvalue weighted by Gasteiger charge is -2.22. The number of amides is 2. The predicted octanol–water partition coefficient (Wildman–Crippen LogP) is 3.48. The number of hydrogen-bond donors (Lipinski definition) is 1. The molecule has 1 aromatic carbocycles. The third kappa shape index (κ3) is 4.28. The zero-order valence-corrected chi connectivity index (χ0v) is 18.4. The first-order valence-electron chi connectivity index (χ1n) is 9.73. The highest BCUT2D eigenvalue weighted by Crippen LogP contribution is 2.29. The minimum Gasteiger partial charge on any atom is -0.324 e. The Morgan fingerprint density at radius 1 is 1.30 bits per heavy atom. The van der Waals surface area contributed by atoms with Crippen molar-refractivity contribution in [1.29, 1.82) is 0 Å². The molecule has 1 aliphatic heterocycles. The third-order valence-electron chi connectivity index (χ3n) is 5.21. The Morgan fingerprint density at radius 2 is 2.13 bits per heavy atom. The van der Waals surface area contributed by atoms with Gasteiger partial charge in [0.15, 0.2) is 0 Å². The van der Waals surface area contributed by atoms with Crippen LogP contribution in [0.2, 0.25) is 0 Å². The average Bonchev–Trinajstić information content (AvgIpc) is 3.15. The van der Waals surface area contributed by atoms with Crippen molar-refractivity contribution in [2.24, 2.45) is 0 Å². The first-order chi connectivity index (χ1) is 14.4. The van der Waals surface area contributed by atoms with Gasteiger partial charge in [0.25, 0.3) is 0 Å². The van der Waals surface area contributed by atoms with E-state index in [4.69, 9.17) is 0 Å². The molecule has 0 unspecified atom stereocenters. The van der Waals surface area contributed by atoms with E-state index in [0.29, 0.717) is 19.3 Å². The minimum absolute atomic E-state index is 0.142. The largest absolute Gasteiger partial charge is 0.342 e. The maximum atomic E-state index is 12.9. The van der Waals surface area contributed by atoms with Crippen molar-refractivity contribution in [3.05, 3.63) is 75.8 Å². The Balaban J connectivity index is 1.45. The zero-order chi connectivity index (χ0) is 21.3. The molecule has 30 heavy (non-hydrogen) atoms. The number of aryl methyl sites for hydroxylation is 2. The van der Waals surface area contributed by atoms with E-state index in [-0.39, 0.29) is 5.91 Å². The molecule has 0 aliphatic carbocycles. The van der Waals surface area contributed by atoms with Crippen molar-refractivity contribution in [2.45, 2.75) is 32.2 Å². The van der Waals surface area contributed by atoms with E-state index in [1.54, 1.807) is 24.3 Å². The topological polar surface area (TPSA) is 80.1 Å². The number of carbonyl (C=O) groups is 2. The lowest BCUT2D eigenvalue weighted by molar-refractivity contribution is -0.120. The van der Waals surface area contributed by atoms with Gasteiger partial charge < -0.3 is 10.2 Å². The van der Waals surface area contributed by atoms with Gasteiger partial charge in [0.05, 0.1) is 6.20 Å². The standard InChI is InChI=1S/C22H22BrN5O2/c1-14-4-3-5-18(25-14)10-15-12-24-28(13-15)22(30)26-19-9-7-16-6-8-17(23)11-20(16)27(2)21(19)29/h3-6,8,11-13,19H,7,9-10H2,1-2H3,(H,26,30)/t19-/m0/s1. The number of anilines is 1. The van der Waals surface area contributed by atoms with Crippen molar-refractivity contribution in [3.8, 4) is 0 Å². The lowest BCUT2D eigenvalue weighted by atomic mass is 10.1. The van der Waals surface area contributed by atoms with E-state index in [1.165, 1.54) is 4.68 Å². The number of fused-ring (bicyclic) bond motifs is 1. The van der Waals surface area contributed by atoms with Crippen LogP contribution in [0.15, 0.2) is 53.3 Å². The second-order valence-corrected chi connectivity index (χ2v) is 8.37. The number of pyridine rings is 1. The van der Waals surface area contributed by atoms with Crippen LogP contribution in [0.4, 0.5) is 10.5 Å². The highest BCUT2D eigenvalue weighted by atomic mass is 79.9. The SMILES string of the molecule is Cc1cccc(Cc2cnn(C(=O)N[C@H]3CCc4ccc(Br)cc4N(C)C3=O)c2)n1. The molecular formula is C22H22BrN5O2. The molecule has 7 nitrogen and oxygen atoms in total. The fourth-order valence-corrected chi connectivity index (χ4v) is 4.00. The molecule has 0 fully saturated rings. The summed E-state index contributed by atoms with van der Waals surface area (Å²) >= 11 is 3.46. The van der Waals surface area contributed by atoms with Crippen LogP contribution < -0.4 is 10.2 Å². The molecule has 1 atom stereocenters. The van der Waals surface area contributed by atoms with E-state index in [1.807, 2.05) is 43.3 Å². The quantitative estimate of drug-likeness (QED) is 0.639. The van der Waals surface area contributed by atoms with Crippen molar-refractivity contribution < 1.29 is 9.59 Å². The molecule has 0 saturated heterocycles. The Hall–Kier alpha value is -3.00. The van der Waals surface area contributed by atoms with Gasteiger partial charge in [-0.3, -0.25) is 9.78 Å². The molecule has 0 saturated carbocycles. The summed E-state index contributed by atoms with van der Waals surface area (Å²) in [5, 5.41) is 7.00. The number of nitrogens with zero attached hydrogens (tertiary/aromatic N) is 4. The number of benzene rings is 1. The van der Waals surface area contributed by atoms with Gasteiger partial charge >= 0.3 is 6.03 Å². The van der Waals surface area contributed by atoms with Gasteiger partial charge in [0.1, 0.15) is 6.04 Å². The van der Waals surface area contributed by atoms with Crippen molar-refractivity contribution in [2.75, 3.05) is 11.9 Å². The van der Waals surface area contributed by atoms with Crippen LogP contribution in [0, 0.1) is 6.92 Å². The predicted molar refractivity (Wildman–Crippen MR) is 118 cm³/mol. The van der Waals surface area contributed by atoms with E-state index in [0.717, 1.165) is 32.7 Å². The Morgan fingerprint density at radius 3 is 2.93 bits per heavy atom. The van der Waals surface area contributed by atoms with Gasteiger partial charge in [-0.15, -0.1) is 0 Å². The monoisotopic (exact) mass is 467 g/mol. The first kappa shape index (κ1) is 20.3. The van der Waals surface area contributed by atoms with Crippen molar-refractivity contribution >= 4 is 33.6 Å². The van der Waals surface area contributed by atoms with E-state index >= 15 is 0 Å². The average molecular weight is 468 g/mol. The molecule has 3 aromatic rings. The number of rotatable bonds is 3. The van der Waals surface area contributed by atoms with Crippen LogP contribution in [0.3, 0.4) is 0 Å². The summed E-state index contributed by atoms with van der Waals surface area (Å²) in [6.45, 7) is 1.94. The highest BCUT2D eigenvalue weighted by molar-refractivity contribution is 9.10. The highest BCUT2D eigenvalue weighted by Gasteiger charge is 2.29. The van der Waals surface area contributed by atoms with E-state index in [2.05, 4.69) is 31.3 Å². The summed E-state index contributed by atoms with van der Waals surface area (Å²) < 4.78 is 2.16. The first-order valence-corrected chi connectivity index (χ1v) is 10.5. The molecule has 8 heteroatoms. The second kappa shape index (κ2) is 8.39. The lowest BCUT2D eigenvalue weighted by Crippen LogP contribution is -2.48. The number of aromatic nitrogens is 3. The second-order valence-electron chi connectivity index (χ2n) is 7.45. The smallest absolute Gasteiger partial charge is 0.324 e. The third-order valence-corrected chi connectivity index (χ3v) is 5.71. The molecule has 0 spiro atoms. The molecule has 0 radical (unpaired) electrons. The molecule has 1 aliphatic rings. The van der Waals surface area contributed by atoms with Gasteiger partial charge in [-0.25, -0.2) is 4.79 Å². The molecule has 2 amide bonds.